The second-order valence-electron chi connectivity index (χ2n) is 9.92. The highest BCUT2D eigenvalue weighted by Crippen LogP contribution is 2.17. The monoisotopic (exact) mass is 570 g/mol. The molecule has 0 radical (unpaired) electrons. The zero-order valence-corrected chi connectivity index (χ0v) is 23.1. The summed E-state index contributed by atoms with van der Waals surface area (Å²) in [5, 5.41) is 33.6. The van der Waals surface area contributed by atoms with E-state index in [1.165, 1.54) is 0 Å². The smallest absolute Gasteiger partial charge is 0.257 e. The van der Waals surface area contributed by atoms with Gasteiger partial charge in [0.05, 0.1) is 48.9 Å². The molecule has 4 aromatic rings. The normalized spacial score (nSPS) is 11.3. The maximum Gasteiger partial charge on any atom is 0.257 e. The van der Waals surface area contributed by atoms with Gasteiger partial charge in [0.25, 0.3) is 5.91 Å². The van der Waals surface area contributed by atoms with Gasteiger partial charge < -0.3 is 26.0 Å². The molecule has 0 fully saturated rings. The molecule has 0 saturated carbocycles. The number of rotatable bonds is 14. The molecule has 0 atom stereocenters. The SMILES string of the molecule is O=C(Cc1ccc(NC(=O)c2cccnc2CN(Cc2ccccn2)Cc2ccccn2)cc1)NC(CO)(CO)CO. The Bertz CT molecular complexity index is 1380. The van der Waals surface area contributed by atoms with Crippen LogP contribution in [0.5, 0.6) is 0 Å². The minimum atomic E-state index is -1.49. The van der Waals surface area contributed by atoms with Crippen LogP contribution in [0.1, 0.15) is 33.0 Å². The van der Waals surface area contributed by atoms with E-state index in [2.05, 4.69) is 30.5 Å². The van der Waals surface area contributed by atoms with Gasteiger partial charge in [-0.3, -0.25) is 29.4 Å². The van der Waals surface area contributed by atoms with Gasteiger partial charge in [-0.05, 0) is 54.1 Å². The average molecular weight is 571 g/mol. The van der Waals surface area contributed by atoms with Gasteiger partial charge in [-0.2, -0.15) is 0 Å². The number of nitrogens with zero attached hydrogens (tertiary/aromatic N) is 4. The van der Waals surface area contributed by atoms with Crippen LogP contribution in [0.25, 0.3) is 0 Å². The Morgan fingerprint density at radius 1 is 0.714 bits per heavy atom. The molecular formula is C31H34N6O5. The van der Waals surface area contributed by atoms with Gasteiger partial charge in [0.2, 0.25) is 5.91 Å². The van der Waals surface area contributed by atoms with Crippen molar-refractivity contribution in [3.05, 3.63) is 120 Å². The summed E-state index contributed by atoms with van der Waals surface area (Å²) in [6.45, 7) is -0.326. The van der Waals surface area contributed by atoms with Crippen molar-refractivity contribution in [1.82, 2.24) is 25.2 Å². The van der Waals surface area contributed by atoms with Crippen molar-refractivity contribution in [3.63, 3.8) is 0 Å². The van der Waals surface area contributed by atoms with Crippen LogP contribution in [0, 0.1) is 0 Å². The van der Waals surface area contributed by atoms with Crippen LogP contribution in [-0.2, 0) is 30.8 Å². The number of anilines is 1. The third kappa shape index (κ3) is 8.48. The van der Waals surface area contributed by atoms with Crippen LogP contribution in [0.4, 0.5) is 5.69 Å². The van der Waals surface area contributed by atoms with Gasteiger partial charge in [-0.25, -0.2) is 0 Å². The van der Waals surface area contributed by atoms with E-state index in [0.29, 0.717) is 42.1 Å². The second kappa shape index (κ2) is 14.9. The van der Waals surface area contributed by atoms with Crippen molar-refractivity contribution in [2.45, 2.75) is 31.6 Å². The van der Waals surface area contributed by atoms with Crippen LogP contribution in [0.15, 0.2) is 91.4 Å². The number of hydrogen-bond acceptors (Lipinski definition) is 9. The van der Waals surface area contributed by atoms with Crippen molar-refractivity contribution in [3.8, 4) is 0 Å². The Hall–Kier alpha value is -4.55. The third-order valence-corrected chi connectivity index (χ3v) is 6.62. The number of amides is 2. The molecular weight excluding hydrogens is 536 g/mol. The maximum atomic E-state index is 13.3. The van der Waals surface area contributed by atoms with Crippen molar-refractivity contribution in [2.24, 2.45) is 0 Å². The van der Waals surface area contributed by atoms with Crippen LogP contribution in [0.3, 0.4) is 0 Å². The van der Waals surface area contributed by atoms with Crippen molar-refractivity contribution in [1.29, 1.82) is 0 Å². The van der Waals surface area contributed by atoms with Crippen LogP contribution < -0.4 is 10.6 Å². The molecule has 0 aliphatic heterocycles. The number of carbonyl (C=O) groups excluding carboxylic acids is 2. The summed E-state index contributed by atoms with van der Waals surface area (Å²) in [7, 11) is 0. The van der Waals surface area contributed by atoms with E-state index in [1.54, 1.807) is 55.0 Å². The Kier molecular flexibility index (Phi) is 10.8. The molecule has 0 aliphatic carbocycles. The molecule has 0 aliphatic rings. The molecule has 3 heterocycles. The molecule has 0 spiro atoms. The quantitative estimate of drug-likeness (QED) is 0.152. The molecule has 11 nitrogen and oxygen atoms in total. The predicted octanol–water partition coefficient (Wildman–Crippen LogP) is 1.70. The summed E-state index contributed by atoms with van der Waals surface area (Å²) >= 11 is 0. The fraction of sp³-hybridized carbons (Fsp3) is 0.258. The van der Waals surface area contributed by atoms with Crippen molar-refractivity contribution < 1.29 is 24.9 Å². The summed E-state index contributed by atoms with van der Waals surface area (Å²) in [5.74, 6) is -0.789. The molecule has 4 rings (SSSR count). The zero-order chi connectivity index (χ0) is 29.8. The second-order valence-corrected chi connectivity index (χ2v) is 9.92. The first-order valence-corrected chi connectivity index (χ1v) is 13.4. The number of aliphatic hydroxyl groups is 3. The molecule has 42 heavy (non-hydrogen) atoms. The topological polar surface area (TPSA) is 161 Å². The standard InChI is InChI=1S/C31H34N6O5/c38-20-31(21-39,22-40)36-29(41)16-23-9-11-24(12-10-23)35-30(42)27-8-5-15-34-28(27)19-37(17-25-6-1-3-13-32-25)18-26-7-2-4-14-33-26/h1-15,38-40H,16-22H2,(H,35,42)(H,36,41). The van der Waals surface area contributed by atoms with E-state index >= 15 is 0 Å². The highest BCUT2D eigenvalue weighted by atomic mass is 16.3. The number of nitrogens with one attached hydrogen (secondary N) is 2. The van der Waals surface area contributed by atoms with Gasteiger partial charge in [-0.15, -0.1) is 0 Å². The minimum absolute atomic E-state index is 0.0366. The minimum Gasteiger partial charge on any atom is -0.394 e. The van der Waals surface area contributed by atoms with Crippen LogP contribution >= 0.6 is 0 Å². The summed E-state index contributed by atoms with van der Waals surface area (Å²) in [5.41, 5.74) is 2.51. The maximum absolute atomic E-state index is 13.3. The molecule has 3 aromatic heterocycles. The molecule has 11 heteroatoms. The van der Waals surface area contributed by atoms with Gasteiger partial charge in [0.15, 0.2) is 0 Å². The lowest BCUT2D eigenvalue weighted by Gasteiger charge is -2.28. The molecule has 0 unspecified atom stereocenters. The highest BCUT2D eigenvalue weighted by Gasteiger charge is 2.29. The van der Waals surface area contributed by atoms with E-state index in [-0.39, 0.29) is 12.3 Å². The first kappa shape index (κ1) is 30.4. The number of aliphatic hydroxyl groups excluding tert-OH is 3. The molecule has 2 amide bonds. The average Bonchev–Trinajstić information content (AvgIpc) is 3.02. The van der Waals surface area contributed by atoms with Crippen LogP contribution in [0.2, 0.25) is 0 Å². The lowest BCUT2D eigenvalue weighted by atomic mass is 10.0. The number of pyridine rings is 3. The van der Waals surface area contributed by atoms with Crippen molar-refractivity contribution >= 4 is 17.5 Å². The molecule has 1 aromatic carbocycles. The van der Waals surface area contributed by atoms with Gasteiger partial charge in [0, 0.05) is 43.9 Å². The van der Waals surface area contributed by atoms with E-state index < -0.39 is 31.3 Å². The lowest BCUT2D eigenvalue weighted by Crippen LogP contribution is -2.57. The number of hydrogen-bond donors (Lipinski definition) is 5. The van der Waals surface area contributed by atoms with E-state index in [0.717, 1.165) is 11.4 Å². The Morgan fingerprint density at radius 3 is 1.86 bits per heavy atom. The van der Waals surface area contributed by atoms with E-state index in [1.807, 2.05) is 36.4 Å². The number of aromatic nitrogens is 3. The Labute approximate surface area is 243 Å². The highest BCUT2D eigenvalue weighted by molar-refractivity contribution is 6.05. The summed E-state index contributed by atoms with van der Waals surface area (Å²) in [4.78, 5) is 41.2. The Morgan fingerprint density at radius 2 is 1.31 bits per heavy atom. The predicted molar refractivity (Wildman–Crippen MR) is 156 cm³/mol. The largest absolute Gasteiger partial charge is 0.394 e. The summed E-state index contributed by atoms with van der Waals surface area (Å²) in [6, 6.07) is 21.7. The number of carbonyl (C=O) groups is 2. The van der Waals surface area contributed by atoms with Gasteiger partial charge >= 0.3 is 0 Å². The van der Waals surface area contributed by atoms with Crippen molar-refractivity contribution in [2.75, 3.05) is 25.1 Å². The van der Waals surface area contributed by atoms with Gasteiger partial charge in [0.1, 0.15) is 5.54 Å². The third-order valence-electron chi connectivity index (χ3n) is 6.62. The molecule has 218 valence electrons. The summed E-state index contributed by atoms with van der Waals surface area (Å²) < 4.78 is 0. The van der Waals surface area contributed by atoms with Crippen LogP contribution in [-0.4, -0.2) is 72.3 Å². The Balaban J connectivity index is 1.44. The molecule has 5 N–H and O–H groups in total. The first-order chi connectivity index (χ1) is 20.4. The van der Waals surface area contributed by atoms with Gasteiger partial charge in [-0.1, -0.05) is 24.3 Å². The number of benzene rings is 1. The first-order valence-electron chi connectivity index (χ1n) is 13.4. The summed E-state index contributed by atoms with van der Waals surface area (Å²) in [6.07, 6.45) is 5.12. The fourth-order valence-corrected chi connectivity index (χ4v) is 4.29. The fourth-order valence-electron chi connectivity index (χ4n) is 4.29. The van der Waals surface area contributed by atoms with E-state index in [9.17, 15) is 24.9 Å². The zero-order valence-electron chi connectivity index (χ0n) is 23.1. The van der Waals surface area contributed by atoms with E-state index in [4.69, 9.17) is 0 Å². The molecule has 0 bridgehead atoms. The molecule has 0 saturated heterocycles. The lowest BCUT2D eigenvalue weighted by molar-refractivity contribution is -0.124.